The van der Waals surface area contributed by atoms with Crippen molar-refractivity contribution in [2.45, 2.75) is 52.8 Å². The van der Waals surface area contributed by atoms with E-state index in [2.05, 4.69) is 15.0 Å². The average molecular weight is 524 g/mol. The van der Waals surface area contributed by atoms with Crippen molar-refractivity contribution in [1.29, 1.82) is 0 Å². The number of esters is 1. The van der Waals surface area contributed by atoms with Crippen LogP contribution >= 0.6 is 23.2 Å². The molecule has 0 bridgehead atoms. The highest BCUT2D eigenvalue weighted by Gasteiger charge is 2.35. The maximum absolute atomic E-state index is 12.5. The Hall–Kier alpha value is -2.48. The first kappa shape index (κ1) is 26.8. The van der Waals surface area contributed by atoms with Crippen molar-refractivity contribution in [1.82, 2.24) is 23.8 Å². The molecule has 1 N–H and O–H groups in total. The molecule has 15 heteroatoms. The number of hydrogen-bond donors (Lipinski definition) is 1. The zero-order valence-electron chi connectivity index (χ0n) is 18.4. The molecule has 0 fully saturated rings. The number of ether oxygens (including phenoxy) is 2. The molecule has 2 aromatic heterocycles. The zero-order chi connectivity index (χ0) is 25.1. The highest BCUT2D eigenvalue weighted by atomic mass is 35.5. The molecule has 0 radical (unpaired) electrons. The van der Waals surface area contributed by atoms with Crippen molar-refractivity contribution in [3.63, 3.8) is 0 Å². The Kier molecular flexibility index (Phi) is 8.27. The summed E-state index contributed by atoms with van der Waals surface area (Å²) in [4.78, 5) is 36.9. The predicted octanol–water partition coefficient (Wildman–Crippen LogP) is 3.25. The van der Waals surface area contributed by atoms with E-state index >= 15 is 0 Å². The van der Waals surface area contributed by atoms with E-state index in [9.17, 15) is 22.6 Å². The third-order valence-corrected chi connectivity index (χ3v) is 5.34. The van der Waals surface area contributed by atoms with E-state index in [1.807, 2.05) is 0 Å². The number of halogens is 2. The fourth-order valence-electron chi connectivity index (χ4n) is 2.72. The van der Waals surface area contributed by atoms with Gasteiger partial charge in [-0.05, 0) is 46.2 Å². The molecule has 0 saturated heterocycles. The van der Waals surface area contributed by atoms with Gasteiger partial charge in [0.15, 0.2) is 0 Å². The fourth-order valence-corrected chi connectivity index (χ4v) is 3.79. The van der Waals surface area contributed by atoms with Crippen molar-refractivity contribution in [2.75, 3.05) is 6.61 Å². The first-order valence-corrected chi connectivity index (χ1v) is 11.7. The van der Waals surface area contributed by atoms with Crippen LogP contribution in [0.5, 0.6) is 0 Å². The van der Waals surface area contributed by atoms with Gasteiger partial charge in [0.2, 0.25) is 11.1 Å². The summed E-state index contributed by atoms with van der Waals surface area (Å²) in [5.41, 5.74) is -0.788. The number of amides is 1. The molecule has 0 spiro atoms. The van der Waals surface area contributed by atoms with Crippen LogP contribution in [0.1, 0.15) is 45.2 Å². The summed E-state index contributed by atoms with van der Waals surface area (Å²) in [5, 5.41) is -0.0155. The van der Waals surface area contributed by atoms with E-state index in [1.54, 1.807) is 6.92 Å². The first-order chi connectivity index (χ1) is 15.1. The number of nitrogens with zero attached hydrogens (tertiary/aromatic N) is 5. The minimum absolute atomic E-state index is 0.0473. The zero-order valence-corrected chi connectivity index (χ0v) is 20.8. The molecular weight excluding hydrogens is 501 g/mol. The first-order valence-electron chi connectivity index (χ1n) is 9.56. The summed E-state index contributed by atoms with van der Waals surface area (Å²) in [6.45, 7) is 7.29. The number of imidazole rings is 1. The van der Waals surface area contributed by atoms with Crippen LogP contribution in [0, 0.1) is 0 Å². The molecule has 0 aromatic carbocycles. The summed E-state index contributed by atoms with van der Waals surface area (Å²) in [6.07, 6.45) is 1.31. The van der Waals surface area contributed by atoms with Gasteiger partial charge in [-0.3, -0.25) is 4.55 Å². The molecule has 2 heterocycles. The fraction of sp³-hybridized carbons (Fsp3) is 0.500. The largest absolute Gasteiger partial charge is 0.460 e. The van der Waals surface area contributed by atoms with Gasteiger partial charge in [-0.1, -0.05) is 11.6 Å². The predicted molar refractivity (Wildman–Crippen MR) is 118 cm³/mol. The third kappa shape index (κ3) is 7.00. The second-order valence-electron chi connectivity index (χ2n) is 7.76. The lowest BCUT2D eigenvalue weighted by atomic mass is 10.2. The summed E-state index contributed by atoms with van der Waals surface area (Å²) >= 11 is 12.0. The average Bonchev–Trinajstić information content (AvgIpc) is 3.04. The number of hydrogen-bond acceptors (Lipinski definition) is 9. The molecule has 2 aromatic rings. The minimum atomic E-state index is -5.01. The Morgan fingerprint density at radius 1 is 1.27 bits per heavy atom. The van der Waals surface area contributed by atoms with Crippen LogP contribution < -0.4 is 0 Å². The van der Waals surface area contributed by atoms with Crippen LogP contribution in [0.4, 0.5) is 4.79 Å². The molecule has 0 aliphatic heterocycles. The maximum atomic E-state index is 12.5. The molecule has 1 unspecified atom stereocenters. The summed E-state index contributed by atoms with van der Waals surface area (Å²) < 4.78 is 45.0. The van der Waals surface area contributed by atoms with Crippen LogP contribution in [0.3, 0.4) is 0 Å². The van der Waals surface area contributed by atoms with Crippen molar-refractivity contribution in [3.05, 3.63) is 28.5 Å². The van der Waals surface area contributed by atoms with E-state index in [1.165, 1.54) is 44.7 Å². The van der Waals surface area contributed by atoms with Gasteiger partial charge in [-0.15, -0.1) is 0 Å². The summed E-state index contributed by atoms with van der Waals surface area (Å²) in [7, 11) is -5.01. The van der Waals surface area contributed by atoms with E-state index in [4.69, 9.17) is 32.7 Å². The Labute approximate surface area is 200 Å². The number of aromatic nitrogens is 4. The van der Waals surface area contributed by atoms with E-state index in [0.29, 0.717) is 0 Å². The maximum Gasteiger partial charge on any atom is 0.426 e. The standard InChI is InChI=1S/C18H23Cl2N5O7S/c1-6-31-15(26)14-22-12(13-11(19)7-21-16(20)23-13)9-24(14)8-10(2)25(33(28,29)30)17(27)32-18(3,4)5/h7,9-10H,6,8H2,1-5H3,(H,28,29,30). The molecule has 2 rings (SSSR count). The monoisotopic (exact) mass is 523 g/mol. The third-order valence-electron chi connectivity index (χ3n) is 3.88. The normalized spacial score (nSPS) is 12.8. The highest BCUT2D eigenvalue weighted by molar-refractivity contribution is 7.84. The van der Waals surface area contributed by atoms with Crippen molar-refractivity contribution in [2.24, 2.45) is 0 Å². The lowest BCUT2D eigenvalue weighted by molar-refractivity contribution is 0.0323. The number of rotatable bonds is 7. The van der Waals surface area contributed by atoms with Crippen molar-refractivity contribution < 1.29 is 32.0 Å². The second kappa shape index (κ2) is 10.2. The van der Waals surface area contributed by atoms with Gasteiger partial charge >= 0.3 is 22.4 Å². The van der Waals surface area contributed by atoms with Crippen LogP contribution in [-0.4, -0.2) is 67.1 Å². The van der Waals surface area contributed by atoms with Gasteiger partial charge in [0, 0.05) is 12.7 Å². The quantitative estimate of drug-likeness (QED) is 0.324. The van der Waals surface area contributed by atoms with Crippen LogP contribution in [0.15, 0.2) is 12.4 Å². The van der Waals surface area contributed by atoms with E-state index in [-0.39, 0.29) is 45.0 Å². The smallest absolute Gasteiger partial charge is 0.426 e. The molecule has 182 valence electrons. The summed E-state index contributed by atoms with van der Waals surface area (Å²) in [6, 6.07) is -1.20. The van der Waals surface area contributed by atoms with Gasteiger partial charge < -0.3 is 14.0 Å². The van der Waals surface area contributed by atoms with Gasteiger partial charge in [-0.2, -0.15) is 12.7 Å². The molecule has 1 atom stereocenters. The van der Waals surface area contributed by atoms with Crippen LogP contribution in [0.25, 0.3) is 11.4 Å². The molecule has 33 heavy (non-hydrogen) atoms. The topological polar surface area (TPSA) is 154 Å². The van der Waals surface area contributed by atoms with Crippen molar-refractivity contribution in [3.8, 4) is 11.4 Å². The molecule has 12 nitrogen and oxygen atoms in total. The van der Waals surface area contributed by atoms with Crippen LogP contribution in [-0.2, 0) is 26.3 Å². The van der Waals surface area contributed by atoms with Gasteiger partial charge in [-0.25, -0.2) is 24.5 Å². The number of carbonyl (C=O) groups excluding carboxylic acids is 2. The number of carbonyl (C=O) groups is 2. The minimum Gasteiger partial charge on any atom is -0.460 e. The van der Waals surface area contributed by atoms with E-state index in [0.717, 1.165) is 0 Å². The molecule has 1 amide bonds. The van der Waals surface area contributed by atoms with Gasteiger partial charge in [0.1, 0.15) is 17.0 Å². The second-order valence-corrected chi connectivity index (χ2v) is 9.80. The Balaban J connectivity index is 2.50. The van der Waals surface area contributed by atoms with Gasteiger partial charge in [0.25, 0.3) is 0 Å². The SMILES string of the molecule is CCOC(=O)c1nc(-c2nc(Cl)ncc2Cl)cn1CC(C)N(C(=O)OC(C)(C)C)S(=O)(=O)O. The lowest BCUT2D eigenvalue weighted by Crippen LogP contribution is -2.47. The Morgan fingerprint density at radius 3 is 2.45 bits per heavy atom. The molecule has 0 saturated carbocycles. The van der Waals surface area contributed by atoms with Gasteiger partial charge in [0.05, 0.1) is 23.9 Å². The van der Waals surface area contributed by atoms with Crippen molar-refractivity contribution >= 4 is 45.6 Å². The highest BCUT2D eigenvalue weighted by Crippen LogP contribution is 2.26. The molecular formula is C18H23Cl2N5O7S. The summed E-state index contributed by atoms with van der Waals surface area (Å²) in [5.74, 6) is -1.04. The Bertz CT molecular complexity index is 1150. The van der Waals surface area contributed by atoms with Crippen LogP contribution in [0.2, 0.25) is 10.3 Å². The van der Waals surface area contributed by atoms with E-state index < -0.39 is 34.0 Å². The molecule has 0 aliphatic carbocycles. The lowest BCUT2D eigenvalue weighted by Gasteiger charge is -2.29. The molecule has 0 aliphatic rings. The Morgan fingerprint density at radius 2 is 1.91 bits per heavy atom.